The summed E-state index contributed by atoms with van der Waals surface area (Å²) in [7, 11) is 3.02. The largest absolute Gasteiger partial charge is 0.503 e. The van der Waals surface area contributed by atoms with E-state index in [9.17, 15) is 14.7 Å². The number of nitrogens with zero attached hydrogens (tertiary/aromatic N) is 1. The lowest BCUT2D eigenvalue weighted by Crippen LogP contribution is -2.34. The van der Waals surface area contributed by atoms with Crippen molar-refractivity contribution in [3.8, 4) is 11.5 Å². The average molecular weight is 456 g/mol. The molecule has 0 saturated carbocycles. The first-order valence-corrected chi connectivity index (χ1v) is 10.7. The van der Waals surface area contributed by atoms with E-state index in [-0.39, 0.29) is 44.1 Å². The van der Waals surface area contributed by atoms with E-state index >= 15 is 0 Å². The van der Waals surface area contributed by atoms with Crippen LogP contribution in [0.3, 0.4) is 0 Å². The van der Waals surface area contributed by atoms with Gasteiger partial charge < -0.3 is 29.3 Å². The van der Waals surface area contributed by atoms with Crippen LogP contribution in [0.2, 0.25) is 0 Å². The van der Waals surface area contributed by atoms with E-state index in [1.54, 1.807) is 18.2 Å². The van der Waals surface area contributed by atoms with Gasteiger partial charge in [0.25, 0.3) is 5.91 Å². The van der Waals surface area contributed by atoms with Gasteiger partial charge in [-0.15, -0.1) is 0 Å². The van der Waals surface area contributed by atoms with Gasteiger partial charge in [0.15, 0.2) is 23.0 Å². The summed E-state index contributed by atoms with van der Waals surface area (Å²) in [6, 6.07) is 13.9. The maximum absolute atomic E-state index is 13.2. The molecule has 0 bridgehead atoms. The van der Waals surface area contributed by atoms with Crippen LogP contribution >= 0.6 is 0 Å². The van der Waals surface area contributed by atoms with Crippen molar-refractivity contribution in [3.63, 3.8) is 0 Å². The quantitative estimate of drug-likeness (QED) is 0.474. The van der Waals surface area contributed by atoms with Gasteiger partial charge in [-0.2, -0.15) is 0 Å². The number of rotatable bonds is 12. The summed E-state index contributed by atoms with van der Waals surface area (Å²) < 4.78 is 16.0. The standard InChI is InChI=1S/C25H29NO7/c1-31-20-11-9-18(16-21(20)32-2)23-22(19(28)10-8-17-6-4-3-5-7-17)24(29)25(30)26(23)12-14-33-15-13-27/h3-7,9,11,16,23,27,29H,8,10,12-15H2,1-2H3. The van der Waals surface area contributed by atoms with Gasteiger partial charge in [-0.3, -0.25) is 9.59 Å². The zero-order valence-corrected chi connectivity index (χ0v) is 18.8. The van der Waals surface area contributed by atoms with E-state index in [2.05, 4.69) is 0 Å². The molecule has 8 nitrogen and oxygen atoms in total. The summed E-state index contributed by atoms with van der Waals surface area (Å²) in [5.41, 5.74) is 1.66. The molecule has 176 valence electrons. The molecule has 2 N–H and O–H groups in total. The highest BCUT2D eigenvalue weighted by molar-refractivity contribution is 6.09. The Bertz CT molecular complexity index is 1000. The van der Waals surface area contributed by atoms with Crippen LogP contribution in [-0.2, 0) is 20.7 Å². The minimum Gasteiger partial charge on any atom is -0.503 e. The van der Waals surface area contributed by atoms with E-state index in [4.69, 9.17) is 19.3 Å². The number of aliphatic hydroxyl groups is 2. The first-order valence-electron chi connectivity index (χ1n) is 10.7. The number of carbonyl (C=O) groups excluding carboxylic acids is 2. The van der Waals surface area contributed by atoms with Crippen molar-refractivity contribution in [2.45, 2.75) is 18.9 Å². The van der Waals surface area contributed by atoms with Gasteiger partial charge in [-0.25, -0.2) is 0 Å². The fourth-order valence-electron chi connectivity index (χ4n) is 3.91. The molecule has 0 saturated heterocycles. The molecule has 3 rings (SSSR count). The van der Waals surface area contributed by atoms with Gasteiger partial charge in [0, 0.05) is 13.0 Å². The smallest absolute Gasteiger partial charge is 0.290 e. The number of hydrogen-bond donors (Lipinski definition) is 2. The topological polar surface area (TPSA) is 106 Å². The van der Waals surface area contributed by atoms with Gasteiger partial charge in [0.1, 0.15) is 0 Å². The Balaban J connectivity index is 1.92. The Morgan fingerprint density at radius 2 is 1.76 bits per heavy atom. The number of carbonyl (C=O) groups is 2. The molecule has 1 aliphatic heterocycles. The number of methoxy groups -OCH3 is 2. The Morgan fingerprint density at radius 3 is 2.42 bits per heavy atom. The summed E-state index contributed by atoms with van der Waals surface area (Å²) in [4.78, 5) is 27.6. The van der Waals surface area contributed by atoms with Crippen molar-refractivity contribution in [1.29, 1.82) is 0 Å². The Hall–Kier alpha value is -3.36. The normalized spacial score (nSPS) is 15.8. The lowest BCUT2D eigenvalue weighted by Gasteiger charge is -2.27. The van der Waals surface area contributed by atoms with Crippen molar-refractivity contribution in [3.05, 3.63) is 71.0 Å². The fourth-order valence-corrected chi connectivity index (χ4v) is 3.91. The molecule has 1 heterocycles. The van der Waals surface area contributed by atoms with Crippen LogP contribution < -0.4 is 9.47 Å². The predicted octanol–water partition coefficient (Wildman–Crippen LogP) is 2.61. The highest BCUT2D eigenvalue weighted by atomic mass is 16.5. The second-order valence-electron chi connectivity index (χ2n) is 7.52. The van der Waals surface area contributed by atoms with Crippen LogP contribution in [0, 0.1) is 0 Å². The molecule has 0 aliphatic carbocycles. The lowest BCUT2D eigenvalue weighted by molar-refractivity contribution is -0.130. The molecular weight excluding hydrogens is 426 g/mol. The second kappa shape index (κ2) is 11.5. The van der Waals surface area contributed by atoms with Gasteiger partial charge >= 0.3 is 0 Å². The Labute approximate surface area is 193 Å². The van der Waals surface area contributed by atoms with Gasteiger partial charge in [-0.05, 0) is 29.7 Å². The molecule has 1 unspecified atom stereocenters. The molecule has 8 heteroatoms. The Morgan fingerprint density at radius 1 is 1.03 bits per heavy atom. The molecule has 33 heavy (non-hydrogen) atoms. The maximum Gasteiger partial charge on any atom is 0.290 e. The molecule has 2 aromatic rings. The fraction of sp³-hybridized carbons (Fsp3) is 0.360. The number of aliphatic hydroxyl groups excluding tert-OH is 2. The molecule has 1 atom stereocenters. The number of Topliss-reactive ketones (excluding diaryl/α,β-unsaturated/α-hetero) is 1. The summed E-state index contributed by atoms with van der Waals surface area (Å²) in [5.74, 6) is -0.529. The zero-order chi connectivity index (χ0) is 23.8. The molecule has 2 aromatic carbocycles. The maximum atomic E-state index is 13.2. The molecule has 0 aromatic heterocycles. The SMILES string of the molecule is COc1ccc(C2C(C(=O)CCc3ccccc3)=C(O)C(=O)N2CCOCCO)cc1OC. The van der Waals surface area contributed by atoms with Crippen LogP contribution in [0.4, 0.5) is 0 Å². The number of aryl methyl sites for hydroxylation is 1. The summed E-state index contributed by atoms with van der Waals surface area (Å²) >= 11 is 0. The van der Waals surface area contributed by atoms with Gasteiger partial charge in [0.2, 0.25) is 0 Å². The molecule has 1 aliphatic rings. The molecule has 0 fully saturated rings. The van der Waals surface area contributed by atoms with Crippen molar-refractivity contribution in [2.75, 3.05) is 40.6 Å². The summed E-state index contributed by atoms with van der Waals surface area (Å²) in [6.07, 6.45) is 0.637. The first kappa shape index (κ1) is 24.3. The molecule has 1 amide bonds. The third-order valence-corrected chi connectivity index (χ3v) is 5.52. The van der Waals surface area contributed by atoms with Crippen LogP contribution in [0.15, 0.2) is 59.9 Å². The number of ketones is 1. The minimum absolute atomic E-state index is 0.0605. The van der Waals surface area contributed by atoms with Crippen molar-refractivity contribution >= 4 is 11.7 Å². The molecular formula is C25H29NO7. The van der Waals surface area contributed by atoms with E-state index in [1.165, 1.54) is 19.1 Å². The zero-order valence-electron chi connectivity index (χ0n) is 18.8. The van der Waals surface area contributed by atoms with Crippen LogP contribution in [-0.4, -0.2) is 67.4 Å². The summed E-state index contributed by atoms with van der Waals surface area (Å²) in [6.45, 7) is 0.275. The van der Waals surface area contributed by atoms with E-state index in [0.29, 0.717) is 23.5 Å². The molecule has 0 radical (unpaired) electrons. The Kier molecular flexibility index (Phi) is 8.46. The predicted molar refractivity (Wildman–Crippen MR) is 121 cm³/mol. The van der Waals surface area contributed by atoms with Crippen LogP contribution in [0.1, 0.15) is 23.6 Å². The van der Waals surface area contributed by atoms with Crippen molar-refractivity contribution in [1.82, 2.24) is 4.90 Å². The highest BCUT2D eigenvalue weighted by Crippen LogP contribution is 2.41. The van der Waals surface area contributed by atoms with Crippen molar-refractivity contribution in [2.24, 2.45) is 0 Å². The van der Waals surface area contributed by atoms with Crippen molar-refractivity contribution < 1.29 is 34.0 Å². The molecule has 0 spiro atoms. The number of amides is 1. The number of benzene rings is 2. The third kappa shape index (κ3) is 5.53. The summed E-state index contributed by atoms with van der Waals surface area (Å²) in [5, 5.41) is 19.6. The highest BCUT2D eigenvalue weighted by Gasteiger charge is 2.43. The van der Waals surface area contributed by atoms with E-state index in [0.717, 1.165) is 5.56 Å². The van der Waals surface area contributed by atoms with Gasteiger partial charge in [0.05, 0.1) is 45.7 Å². The van der Waals surface area contributed by atoms with E-state index in [1.807, 2.05) is 30.3 Å². The minimum atomic E-state index is -0.793. The second-order valence-corrected chi connectivity index (χ2v) is 7.52. The van der Waals surface area contributed by atoms with Crippen LogP contribution in [0.5, 0.6) is 11.5 Å². The van der Waals surface area contributed by atoms with E-state index < -0.39 is 17.7 Å². The first-order chi connectivity index (χ1) is 16.0. The number of ether oxygens (including phenoxy) is 3. The lowest BCUT2D eigenvalue weighted by atomic mass is 9.93. The average Bonchev–Trinajstić information content (AvgIpc) is 3.10. The van der Waals surface area contributed by atoms with Gasteiger partial charge in [-0.1, -0.05) is 36.4 Å². The number of hydrogen-bond acceptors (Lipinski definition) is 7. The van der Waals surface area contributed by atoms with Crippen LogP contribution in [0.25, 0.3) is 0 Å². The third-order valence-electron chi connectivity index (χ3n) is 5.52. The monoisotopic (exact) mass is 455 g/mol.